The first-order valence-electron chi connectivity index (χ1n) is 22.6. The van der Waals surface area contributed by atoms with Crippen molar-refractivity contribution in [3.8, 4) is 16.9 Å². The van der Waals surface area contributed by atoms with Crippen molar-refractivity contribution in [1.82, 2.24) is 30.1 Å². The zero-order chi connectivity index (χ0) is 48.1. The number of nitrogen functional groups attached to an aromatic ring is 1. The van der Waals surface area contributed by atoms with Crippen LogP contribution < -0.4 is 31.3 Å². The Morgan fingerprint density at radius 3 is 2.41 bits per heavy atom. The number of nitrogens with zero attached hydrogens (tertiary/aromatic N) is 5. The van der Waals surface area contributed by atoms with Crippen LogP contribution in [-0.4, -0.2) is 86.9 Å². The molecule has 5 aromatic rings. The standard InChI is InChI=1S/C48H49F4N9O7/c49-35-24-32-33(47(67)61(46(32)66)38-14-15-40(63)58-45(38)65)25-36(35)54-17-6-4-2-1-3-5-11-39(62)55-18-8-19-59-26-34(42-43(53)56-27-57-44(42)59)29-12-13-37-30(23-29)16-20-60(37)41(64)22-28-9-7-10-31(21-28)68-48(50,51)52/h7,9-10,12-13,21,23-27,38,54H,1-6,8,11,14-20,22H2,(H,55,62)(H2,53,56,57)(H,58,63,65). The van der Waals surface area contributed by atoms with Gasteiger partial charge in [-0.1, -0.05) is 43.9 Å². The first-order valence-corrected chi connectivity index (χ1v) is 22.6. The van der Waals surface area contributed by atoms with E-state index < -0.39 is 41.9 Å². The number of aromatic nitrogens is 3. The number of hydrogen-bond acceptors (Lipinski definition) is 11. The average molecular weight is 940 g/mol. The SMILES string of the molecule is Nc1ncnc2c1c(-c1ccc3c(c1)CCN3C(=O)Cc1cccc(OC(F)(F)F)c1)cn2CCCNC(=O)CCCCCCCCNc1cc2c(cc1F)C(=O)N(C1CCC(=O)NC1=O)C2=O. The van der Waals surface area contributed by atoms with Crippen LogP contribution in [-0.2, 0) is 38.6 Å². The monoisotopic (exact) mass is 939 g/mol. The summed E-state index contributed by atoms with van der Waals surface area (Å²) in [5.41, 5.74) is 10.7. The molecule has 0 spiro atoms. The molecular formula is C48H49F4N9O7. The lowest BCUT2D eigenvalue weighted by Crippen LogP contribution is -2.54. The Kier molecular flexibility index (Phi) is 14.0. The van der Waals surface area contributed by atoms with Crippen molar-refractivity contribution < 1.29 is 51.1 Å². The van der Waals surface area contributed by atoms with Gasteiger partial charge >= 0.3 is 6.36 Å². The lowest BCUT2D eigenvalue weighted by Gasteiger charge is -2.27. The Bertz CT molecular complexity index is 2800. The molecule has 356 valence electrons. The number of ether oxygens (including phenoxy) is 1. The summed E-state index contributed by atoms with van der Waals surface area (Å²) >= 11 is 0. The van der Waals surface area contributed by atoms with Crippen LogP contribution in [0.4, 0.5) is 34.8 Å². The molecule has 3 aromatic carbocycles. The fraction of sp³-hybridized carbons (Fsp3) is 0.375. The predicted molar refractivity (Wildman–Crippen MR) is 242 cm³/mol. The molecule has 3 aliphatic rings. The Balaban J connectivity index is 0.743. The summed E-state index contributed by atoms with van der Waals surface area (Å²) in [5.74, 6) is -3.71. The van der Waals surface area contributed by atoms with E-state index in [4.69, 9.17) is 5.73 Å². The number of benzene rings is 3. The van der Waals surface area contributed by atoms with Crippen molar-refractivity contribution in [2.75, 3.05) is 35.6 Å². The van der Waals surface area contributed by atoms with Crippen molar-refractivity contribution in [2.24, 2.45) is 0 Å². The molecule has 68 heavy (non-hydrogen) atoms. The number of fused-ring (bicyclic) bond motifs is 3. The molecule has 6 amide bonds. The number of hydrogen-bond donors (Lipinski definition) is 4. The maximum Gasteiger partial charge on any atom is 0.573 e. The van der Waals surface area contributed by atoms with Gasteiger partial charge in [-0.15, -0.1) is 13.2 Å². The number of carbonyl (C=O) groups is 6. The number of imide groups is 2. The number of unbranched alkanes of at least 4 members (excludes halogenated alkanes) is 5. The third kappa shape index (κ3) is 10.6. The maximum absolute atomic E-state index is 14.9. The zero-order valence-corrected chi connectivity index (χ0v) is 36.9. The maximum atomic E-state index is 14.9. The van der Waals surface area contributed by atoms with Gasteiger partial charge in [-0.3, -0.25) is 39.0 Å². The first-order chi connectivity index (χ1) is 32.6. The number of rotatable bonds is 19. The van der Waals surface area contributed by atoms with Crippen LogP contribution in [0.15, 0.2) is 67.1 Å². The van der Waals surface area contributed by atoms with Crippen molar-refractivity contribution >= 4 is 63.7 Å². The first kappa shape index (κ1) is 47.1. The van der Waals surface area contributed by atoms with Gasteiger partial charge < -0.3 is 30.6 Å². The van der Waals surface area contributed by atoms with Gasteiger partial charge in [0.1, 0.15) is 35.4 Å². The number of amides is 6. The summed E-state index contributed by atoms with van der Waals surface area (Å²) in [4.78, 5) is 87.0. The molecular weight excluding hydrogens is 891 g/mol. The van der Waals surface area contributed by atoms with Crippen molar-refractivity contribution in [3.63, 3.8) is 0 Å². The second-order valence-corrected chi connectivity index (χ2v) is 17.0. The molecule has 0 aliphatic carbocycles. The van der Waals surface area contributed by atoms with E-state index in [0.717, 1.165) is 71.9 Å². The highest BCUT2D eigenvalue weighted by Gasteiger charge is 2.45. The second-order valence-electron chi connectivity index (χ2n) is 17.0. The minimum absolute atomic E-state index is 0.00634. The minimum atomic E-state index is -4.84. The largest absolute Gasteiger partial charge is 0.573 e. The van der Waals surface area contributed by atoms with E-state index in [1.54, 1.807) is 11.0 Å². The smallest absolute Gasteiger partial charge is 0.406 e. The van der Waals surface area contributed by atoms with Crippen LogP contribution in [0.5, 0.6) is 5.75 Å². The van der Waals surface area contributed by atoms with Crippen LogP contribution in [0.3, 0.4) is 0 Å². The van der Waals surface area contributed by atoms with Crippen molar-refractivity contribution in [1.29, 1.82) is 0 Å². The molecule has 0 bridgehead atoms. The summed E-state index contributed by atoms with van der Waals surface area (Å²) in [6.45, 7) is 1.86. The Hall–Kier alpha value is -7.38. The summed E-state index contributed by atoms with van der Waals surface area (Å²) in [6, 6.07) is 12.3. The molecule has 1 saturated heterocycles. The van der Waals surface area contributed by atoms with E-state index >= 15 is 0 Å². The van der Waals surface area contributed by atoms with Crippen LogP contribution in [0.2, 0.25) is 0 Å². The normalized spacial score (nSPS) is 15.7. The molecule has 1 atom stereocenters. The minimum Gasteiger partial charge on any atom is -0.406 e. The van der Waals surface area contributed by atoms with Gasteiger partial charge in [-0.25, -0.2) is 14.4 Å². The molecule has 20 heteroatoms. The third-order valence-corrected chi connectivity index (χ3v) is 12.3. The van der Waals surface area contributed by atoms with Crippen molar-refractivity contribution in [3.05, 3.63) is 95.2 Å². The number of piperidine rings is 1. The quantitative estimate of drug-likeness (QED) is 0.0394. The molecule has 16 nitrogen and oxygen atoms in total. The van der Waals surface area contributed by atoms with E-state index in [1.165, 1.54) is 30.6 Å². The second kappa shape index (κ2) is 20.2. The Labute approximate surface area is 387 Å². The number of halogens is 4. The lowest BCUT2D eigenvalue weighted by molar-refractivity contribution is -0.274. The van der Waals surface area contributed by atoms with E-state index in [0.29, 0.717) is 67.9 Å². The highest BCUT2D eigenvalue weighted by Crippen LogP contribution is 2.38. The van der Waals surface area contributed by atoms with E-state index in [9.17, 15) is 46.3 Å². The van der Waals surface area contributed by atoms with Crippen LogP contribution in [0.25, 0.3) is 22.2 Å². The molecule has 0 saturated carbocycles. The molecule has 8 rings (SSSR count). The van der Waals surface area contributed by atoms with Gasteiger partial charge in [0.25, 0.3) is 11.8 Å². The van der Waals surface area contributed by atoms with Gasteiger partial charge in [-0.2, -0.15) is 0 Å². The molecule has 2 aromatic heterocycles. The average Bonchev–Trinajstić information content (AvgIpc) is 3.96. The molecule has 3 aliphatic heterocycles. The number of nitrogens with two attached hydrogens (primary N) is 1. The van der Waals surface area contributed by atoms with Gasteiger partial charge in [0.05, 0.1) is 28.6 Å². The third-order valence-electron chi connectivity index (χ3n) is 12.3. The number of anilines is 3. The fourth-order valence-corrected chi connectivity index (χ4v) is 9.02. The number of nitrogens with one attached hydrogen (secondary N) is 3. The number of alkyl halides is 3. The summed E-state index contributed by atoms with van der Waals surface area (Å²) in [6.07, 6.45) is 5.08. The van der Waals surface area contributed by atoms with Crippen LogP contribution in [0, 0.1) is 5.82 Å². The van der Waals surface area contributed by atoms with Crippen molar-refractivity contribution in [2.45, 2.75) is 96.0 Å². The van der Waals surface area contributed by atoms with Crippen LogP contribution in [0.1, 0.15) is 96.1 Å². The molecule has 5 heterocycles. The number of carbonyl (C=O) groups excluding carboxylic acids is 6. The van der Waals surface area contributed by atoms with Gasteiger partial charge in [-0.05, 0) is 85.2 Å². The summed E-state index contributed by atoms with van der Waals surface area (Å²) in [7, 11) is 0. The van der Waals surface area contributed by atoms with E-state index in [1.807, 2.05) is 29.0 Å². The highest BCUT2D eigenvalue weighted by molar-refractivity contribution is 6.23. The highest BCUT2D eigenvalue weighted by atomic mass is 19.4. The fourth-order valence-electron chi connectivity index (χ4n) is 9.02. The van der Waals surface area contributed by atoms with Gasteiger partial charge in [0.15, 0.2) is 0 Å². The molecule has 1 fully saturated rings. The van der Waals surface area contributed by atoms with Gasteiger partial charge in [0, 0.05) is 56.5 Å². The molecule has 1 unspecified atom stereocenters. The predicted octanol–water partition coefficient (Wildman–Crippen LogP) is 6.60. The van der Waals surface area contributed by atoms with Gasteiger partial charge in [0.2, 0.25) is 23.6 Å². The van der Waals surface area contributed by atoms with Crippen LogP contribution >= 0.6 is 0 Å². The summed E-state index contributed by atoms with van der Waals surface area (Å²) < 4.78 is 59.1. The van der Waals surface area contributed by atoms with E-state index in [2.05, 4.69) is 30.7 Å². The number of aryl methyl sites for hydroxylation is 1. The Morgan fingerprint density at radius 1 is 0.868 bits per heavy atom. The lowest BCUT2D eigenvalue weighted by atomic mass is 10.0. The summed E-state index contributed by atoms with van der Waals surface area (Å²) in [5, 5.41) is 8.82. The molecule has 0 radical (unpaired) electrons. The zero-order valence-electron chi connectivity index (χ0n) is 36.9. The topological polar surface area (TPSA) is 211 Å². The molecule has 5 N–H and O–H groups in total. The van der Waals surface area contributed by atoms with E-state index in [-0.39, 0.29) is 53.6 Å². The Morgan fingerprint density at radius 2 is 1.63 bits per heavy atom.